The second kappa shape index (κ2) is 10.0. The number of rotatable bonds is 5. The van der Waals surface area contributed by atoms with Crippen LogP contribution in [0, 0.1) is 11.6 Å². The van der Waals surface area contributed by atoms with E-state index in [-0.39, 0.29) is 31.2 Å². The van der Waals surface area contributed by atoms with Crippen molar-refractivity contribution < 1.29 is 23.1 Å². The zero-order valence-electron chi connectivity index (χ0n) is 17.6. The minimum atomic E-state index is -1.06. The molecule has 3 aromatic carbocycles. The standard InChI is InChI=1S/C25H21ClF2N2O3/c26-19-8-5-17(6-9-19)16-33-23-4-2-1-3-20(23)25(32)30-13-11-29(12-14-30)24(31)18-7-10-21(27)22(28)15-18/h1-10,15H,11-14,16H2. The summed E-state index contributed by atoms with van der Waals surface area (Å²) in [5, 5.41) is 0.636. The van der Waals surface area contributed by atoms with Crippen molar-refractivity contribution in [3.05, 3.63) is 100 Å². The van der Waals surface area contributed by atoms with Crippen molar-refractivity contribution in [3.8, 4) is 5.75 Å². The first kappa shape index (κ1) is 22.7. The quantitative estimate of drug-likeness (QED) is 0.538. The first-order valence-electron chi connectivity index (χ1n) is 10.4. The Morgan fingerprint density at radius 3 is 2.12 bits per heavy atom. The highest BCUT2D eigenvalue weighted by molar-refractivity contribution is 6.30. The maximum absolute atomic E-state index is 13.5. The predicted octanol–water partition coefficient (Wildman–Crippen LogP) is 4.80. The Kier molecular flexibility index (Phi) is 6.89. The average Bonchev–Trinajstić information content (AvgIpc) is 2.85. The molecule has 0 unspecified atom stereocenters. The van der Waals surface area contributed by atoms with E-state index in [0.717, 1.165) is 17.7 Å². The zero-order chi connectivity index (χ0) is 23.4. The number of halogens is 3. The summed E-state index contributed by atoms with van der Waals surface area (Å²) in [7, 11) is 0. The van der Waals surface area contributed by atoms with Crippen LogP contribution >= 0.6 is 11.6 Å². The maximum Gasteiger partial charge on any atom is 0.257 e. The molecule has 1 heterocycles. The number of ether oxygens (including phenoxy) is 1. The molecule has 2 amide bonds. The Bertz CT molecular complexity index is 1160. The largest absolute Gasteiger partial charge is 0.488 e. The molecule has 0 bridgehead atoms. The topological polar surface area (TPSA) is 49.9 Å². The number of nitrogens with zero attached hydrogens (tertiary/aromatic N) is 2. The SMILES string of the molecule is O=C(c1ccc(F)c(F)c1)N1CCN(C(=O)c2ccccc2OCc2ccc(Cl)cc2)CC1. The Morgan fingerprint density at radius 2 is 1.45 bits per heavy atom. The minimum Gasteiger partial charge on any atom is -0.488 e. The van der Waals surface area contributed by atoms with E-state index in [1.807, 2.05) is 12.1 Å². The van der Waals surface area contributed by atoms with Gasteiger partial charge in [-0.2, -0.15) is 0 Å². The van der Waals surface area contributed by atoms with Crippen molar-refractivity contribution in [1.82, 2.24) is 9.80 Å². The van der Waals surface area contributed by atoms with E-state index in [9.17, 15) is 18.4 Å². The lowest BCUT2D eigenvalue weighted by Crippen LogP contribution is -2.50. The second-order valence-electron chi connectivity index (χ2n) is 7.62. The van der Waals surface area contributed by atoms with Gasteiger partial charge in [0.2, 0.25) is 0 Å². The highest BCUT2D eigenvalue weighted by atomic mass is 35.5. The number of benzene rings is 3. The van der Waals surface area contributed by atoms with E-state index in [4.69, 9.17) is 16.3 Å². The van der Waals surface area contributed by atoms with Gasteiger partial charge in [0.25, 0.3) is 11.8 Å². The van der Waals surface area contributed by atoms with E-state index in [2.05, 4.69) is 0 Å². The molecule has 0 saturated carbocycles. The van der Waals surface area contributed by atoms with Gasteiger partial charge in [-0.15, -0.1) is 0 Å². The van der Waals surface area contributed by atoms with Crippen molar-refractivity contribution in [2.24, 2.45) is 0 Å². The fourth-order valence-electron chi connectivity index (χ4n) is 3.61. The van der Waals surface area contributed by atoms with Crippen LogP contribution in [0.4, 0.5) is 8.78 Å². The zero-order valence-corrected chi connectivity index (χ0v) is 18.4. The molecule has 0 aromatic heterocycles. The minimum absolute atomic E-state index is 0.0784. The molecule has 1 fully saturated rings. The van der Waals surface area contributed by atoms with Crippen molar-refractivity contribution in [2.45, 2.75) is 6.61 Å². The van der Waals surface area contributed by atoms with Gasteiger partial charge in [0.05, 0.1) is 5.56 Å². The monoisotopic (exact) mass is 470 g/mol. The maximum atomic E-state index is 13.5. The van der Waals surface area contributed by atoms with Gasteiger partial charge in [-0.1, -0.05) is 35.9 Å². The van der Waals surface area contributed by atoms with Crippen LogP contribution in [0.15, 0.2) is 66.7 Å². The van der Waals surface area contributed by atoms with E-state index in [1.54, 1.807) is 41.3 Å². The molecule has 1 aliphatic rings. The highest BCUT2D eigenvalue weighted by Gasteiger charge is 2.27. The van der Waals surface area contributed by atoms with Crippen LogP contribution in [0.3, 0.4) is 0 Å². The van der Waals surface area contributed by atoms with E-state index < -0.39 is 17.5 Å². The van der Waals surface area contributed by atoms with Crippen LogP contribution in [0.2, 0.25) is 5.02 Å². The van der Waals surface area contributed by atoms with E-state index in [0.29, 0.717) is 29.4 Å². The average molecular weight is 471 g/mol. The lowest BCUT2D eigenvalue weighted by molar-refractivity contribution is 0.0532. The van der Waals surface area contributed by atoms with Gasteiger partial charge in [-0.05, 0) is 48.0 Å². The normalized spacial score (nSPS) is 13.7. The molecule has 1 aliphatic heterocycles. The lowest BCUT2D eigenvalue weighted by atomic mass is 10.1. The molecule has 0 atom stereocenters. The molecule has 0 N–H and O–H groups in total. The van der Waals surface area contributed by atoms with E-state index in [1.165, 1.54) is 11.0 Å². The smallest absolute Gasteiger partial charge is 0.257 e. The molecular weight excluding hydrogens is 450 g/mol. The summed E-state index contributed by atoms with van der Waals surface area (Å²) in [6.07, 6.45) is 0. The van der Waals surface area contributed by atoms with Gasteiger partial charge < -0.3 is 14.5 Å². The molecule has 5 nitrogen and oxygen atoms in total. The number of carbonyl (C=O) groups is 2. The number of hydrogen-bond donors (Lipinski definition) is 0. The van der Waals surface area contributed by atoms with Gasteiger partial charge in [0, 0.05) is 36.8 Å². The van der Waals surface area contributed by atoms with Crippen LogP contribution in [-0.2, 0) is 6.61 Å². The number of carbonyl (C=O) groups excluding carboxylic acids is 2. The second-order valence-corrected chi connectivity index (χ2v) is 8.06. The summed E-state index contributed by atoms with van der Waals surface area (Å²) in [4.78, 5) is 28.9. The molecule has 0 spiro atoms. The third-order valence-electron chi connectivity index (χ3n) is 5.45. The van der Waals surface area contributed by atoms with Crippen molar-refractivity contribution in [1.29, 1.82) is 0 Å². The molecule has 3 aromatic rings. The molecule has 4 rings (SSSR count). The Morgan fingerprint density at radius 1 is 0.818 bits per heavy atom. The summed E-state index contributed by atoms with van der Waals surface area (Å²) in [5.41, 5.74) is 1.44. The molecule has 0 aliphatic carbocycles. The summed E-state index contributed by atoms with van der Waals surface area (Å²) >= 11 is 5.91. The third kappa shape index (κ3) is 5.31. The van der Waals surface area contributed by atoms with Gasteiger partial charge in [-0.3, -0.25) is 9.59 Å². The van der Waals surface area contributed by atoms with Crippen LogP contribution in [0.25, 0.3) is 0 Å². The Hall–Kier alpha value is -3.45. The summed E-state index contributed by atoms with van der Waals surface area (Å²) in [5.74, 6) is -2.18. The van der Waals surface area contributed by atoms with Crippen LogP contribution in [0.5, 0.6) is 5.75 Å². The van der Waals surface area contributed by atoms with Crippen LogP contribution in [-0.4, -0.2) is 47.8 Å². The molecule has 8 heteroatoms. The predicted molar refractivity (Wildman–Crippen MR) is 120 cm³/mol. The molecule has 0 radical (unpaired) electrons. The fraction of sp³-hybridized carbons (Fsp3) is 0.200. The molecular formula is C25H21ClF2N2O3. The number of para-hydroxylation sites is 1. The van der Waals surface area contributed by atoms with Crippen molar-refractivity contribution >= 4 is 23.4 Å². The van der Waals surface area contributed by atoms with Crippen LogP contribution < -0.4 is 4.74 Å². The third-order valence-corrected chi connectivity index (χ3v) is 5.70. The van der Waals surface area contributed by atoms with Gasteiger partial charge in [-0.25, -0.2) is 8.78 Å². The van der Waals surface area contributed by atoms with E-state index >= 15 is 0 Å². The summed E-state index contributed by atoms with van der Waals surface area (Å²) < 4.78 is 32.5. The highest BCUT2D eigenvalue weighted by Crippen LogP contribution is 2.23. The van der Waals surface area contributed by atoms with Crippen LogP contribution in [0.1, 0.15) is 26.3 Å². The van der Waals surface area contributed by atoms with Crippen molar-refractivity contribution in [3.63, 3.8) is 0 Å². The summed E-state index contributed by atoms with van der Waals surface area (Å²) in [6, 6.07) is 17.4. The lowest BCUT2D eigenvalue weighted by Gasteiger charge is -2.35. The number of hydrogen-bond acceptors (Lipinski definition) is 3. The first-order valence-corrected chi connectivity index (χ1v) is 10.8. The molecule has 1 saturated heterocycles. The molecule has 170 valence electrons. The van der Waals surface area contributed by atoms with Crippen molar-refractivity contribution in [2.75, 3.05) is 26.2 Å². The Balaban J connectivity index is 1.39. The molecule has 33 heavy (non-hydrogen) atoms. The van der Waals surface area contributed by atoms with Gasteiger partial charge in [0.15, 0.2) is 11.6 Å². The Labute approximate surface area is 195 Å². The van der Waals surface area contributed by atoms with Gasteiger partial charge >= 0.3 is 0 Å². The fourth-order valence-corrected chi connectivity index (χ4v) is 3.73. The first-order chi connectivity index (χ1) is 15.9. The summed E-state index contributed by atoms with van der Waals surface area (Å²) in [6.45, 7) is 1.51. The number of piperazine rings is 1. The van der Waals surface area contributed by atoms with Gasteiger partial charge in [0.1, 0.15) is 12.4 Å². The number of amides is 2.